The summed E-state index contributed by atoms with van der Waals surface area (Å²) >= 11 is 7.07. The lowest BCUT2D eigenvalue weighted by Crippen LogP contribution is -1.98. The predicted octanol–water partition coefficient (Wildman–Crippen LogP) is 2.61. The summed E-state index contributed by atoms with van der Waals surface area (Å²) in [5.74, 6) is -0.144. The molecule has 5 heteroatoms. The molecule has 0 aliphatic rings. The van der Waals surface area contributed by atoms with Gasteiger partial charge in [0, 0.05) is 5.56 Å². The molecule has 2 aromatic rings. The Labute approximate surface area is 95.5 Å². The Balaban J connectivity index is 2.41. The van der Waals surface area contributed by atoms with Crippen molar-refractivity contribution in [3.8, 4) is 0 Å². The molecule has 0 aliphatic heterocycles. The second-order valence-corrected chi connectivity index (χ2v) is 4.34. The minimum atomic E-state index is -0.144. The summed E-state index contributed by atoms with van der Waals surface area (Å²) in [6, 6.07) is 6.91. The third kappa shape index (κ3) is 2.00. The fourth-order valence-corrected chi connectivity index (χ4v) is 2.03. The molecule has 0 atom stereocenters. The molecule has 15 heavy (non-hydrogen) atoms. The van der Waals surface area contributed by atoms with Gasteiger partial charge in [0.25, 0.3) is 0 Å². The molecule has 0 aliphatic carbocycles. The maximum Gasteiger partial charge on any atom is 0.206 e. The van der Waals surface area contributed by atoms with Crippen LogP contribution in [0.15, 0.2) is 30.5 Å². The van der Waals surface area contributed by atoms with E-state index in [1.807, 2.05) is 0 Å². The molecule has 0 radical (unpaired) electrons. The molecule has 2 rings (SSSR count). The van der Waals surface area contributed by atoms with Crippen LogP contribution in [-0.4, -0.2) is 10.8 Å². The zero-order valence-electron chi connectivity index (χ0n) is 7.61. The van der Waals surface area contributed by atoms with Gasteiger partial charge < -0.3 is 5.73 Å². The molecule has 76 valence electrons. The van der Waals surface area contributed by atoms with Crippen molar-refractivity contribution in [2.24, 2.45) is 0 Å². The van der Waals surface area contributed by atoms with Gasteiger partial charge in [-0.25, -0.2) is 4.98 Å². The molecule has 0 bridgehead atoms. The summed E-state index contributed by atoms with van der Waals surface area (Å²) in [6.45, 7) is 0. The highest BCUT2D eigenvalue weighted by molar-refractivity contribution is 7.17. The Morgan fingerprint density at radius 3 is 2.73 bits per heavy atom. The number of benzene rings is 1. The van der Waals surface area contributed by atoms with Crippen LogP contribution in [0.2, 0.25) is 5.02 Å². The normalized spacial score (nSPS) is 10.2. The van der Waals surface area contributed by atoms with Crippen molar-refractivity contribution < 1.29 is 4.79 Å². The molecule has 2 N–H and O–H groups in total. The minimum Gasteiger partial charge on any atom is -0.375 e. The Bertz CT molecular complexity index is 510. The number of rotatable bonds is 2. The first kappa shape index (κ1) is 10.1. The molecule has 0 saturated carbocycles. The SMILES string of the molecule is Nc1ncc(C(=O)c2ccccc2Cl)s1. The van der Waals surface area contributed by atoms with E-state index in [1.165, 1.54) is 6.20 Å². The smallest absolute Gasteiger partial charge is 0.206 e. The van der Waals surface area contributed by atoms with E-state index in [4.69, 9.17) is 17.3 Å². The van der Waals surface area contributed by atoms with E-state index < -0.39 is 0 Å². The molecular weight excluding hydrogens is 232 g/mol. The molecule has 0 fully saturated rings. The number of nitrogens with two attached hydrogens (primary N) is 1. The van der Waals surface area contributed by atoms with E-state index in [-0.39, 0.29) is 5.78 Å². The van der Waals surface area contributed by atoms with Gasteiger partial charge in [-0.05, 0) is 12.1 Å². The summed E-state index contributed by atoms with van der Waals surface area (Å²) in [4.78, 5) is 16.2. The fraction of sp³-hybridized carbons (Fsp3) is 0. The summed E-state index contributed by atoms with van der Waals surface area (Å²) in [6.07, 6.45) is 1.46. The highest BCUT2D eigenvalue weighted by Crippen LogP contribution is 2.23. The lowest BCUT2D eigenvalue weighted by molar-refractivity contribution is 0.104. The minimum absolute atomic E-state index is 0.144. The standard InChI is InChI=1S/C10H7ClN2OS/c11-7-4-2-1-3-6(7)9(14)8-5-13-10(12)15-8/h1-5H,(H2,12,13). The number of aromatic nitrogens is 1. The van der Waals surface area contributed by atoms with Gasteiger partial charge in [-0.15, -0.1) is 0 Å². The molecule has 0 unspecified atom stereocenters. The van der Waals surface area contributed by atoms with Crippen LogP contribution in [-0.2, 0) is 0 Å². The molecule has 0 saturated heterocycles. The van der Waals surface area contributed by atoms with Gasteiger partial charge in [0.2, 0.25) is 5.78 Å². The van der Waals surface area contributed by atoms with Gasteiger partial charge in [-0.1, -0.05) is 35.1 Å². The van der Waals surface area contributed by atoms with Gasteiger partial charge in [0.05, 0.1) is 16.1 Å². The first-order valence-corrected chi connectivity index (χ1v) is 5.38. The van der Waals surface area contributed by atoms with E-state index in [1.54, 1.807) is 24.3 Å². The monoisotopic (exact) mass is 238 g/mol. The van der Waals surface area contributed by atoms with Crippen LogP contribution >= 0.6 is 22.9 Å². The fourth-order valence-electron chi connectivity index (χ4n) is 1.17. The third-order valence-electron chi connectivity index (χ3n) is 1.87. The van der Waals surface area contributed by atoms with E-state index >= 15 is 0 Å². The lowest BCUT2D eigenvalue weighted by atomic mass is 10.1. The van der Waals surface area contributed by atoms with Crippen molar-refractivity contribution >= 4 is 33.9 Å². The molecule has 1 heterocycles. The number of nitrogens with zero attached hydrogens (tertiary/aromatic N) is 1. The molecule has 0 spiro atoms. The molecule has 3 nitrogen and oxygen atoms in total. The van der Waals surface area contributed by atoms with Crippen molar-refractivity contribution in [1.29, 1.82) is 0 Å². The molecule has 1 aromatic heterocycles. The Kier molecular flexibility index (Phi) is 2.70. The number of halogens is 1. The largest absolute Gasteiger partial charge is 0.375 e. The lowest BCUT2D eigenvalue weighted by Gasteiger charge is -1.99. The average Bonchev–Trinajstić information content (AvgIpc) is 2.65. The maximum atomic E-state index is 11.9. The number of ketones is 1. The number of carbonyl (C=O) groups excluding carboxylic acids is 1. The Morgan fingerprint density at radius 2 is 2.13 bits per heavy atom. The Hall–Kier alpha value is -1.39. The van der Waals surface area contributed by atoms with E-state index in [2.05, 4.69) is 4.98 Å². The van der Waals surface area contributed by atoms with Crippen molar-refractivity contribution in [3.05, 3.63) is 45.9 Å². The molecule has 1 aromatic carbocycles. The summed E-state index contributed by atoms with van der Waals surface area (Å²) in [5.41, 5.74) is 5.93. The van der Waals surface area contributed by atoms with Crippen molar-refractivity contribution in [3.63, 3.8) is 0 Å². The van der Waals surface area contributed by atoms with Crippen LogP contribution in [0.5, 0.6) is 0 Å². The summed E-state index contributed by atoms with van der Waals surface area (Å²) in [7, 11) is 0. The number of hydrogen-bond donors (Lipinski definition) is 1. The number of carbonyl (C=O) groups is 1. The maximum absolute atomic E-state index is 11.9. The molecular formula is C10H7ClN2OS. The van der Waals surface area contributed by atoms with Gasteiger partial charge >= 0.3 is 0 Å². The van der Waals surface area contributed by atoms with Gasteiger partial charge in [-0.2, -0.15) is 0 Å². The number of hydrogen-bond acceptors (Lipinski definition) is 4. The van der Waals surface area contributed by atoms with Gasteiger partial charge in [0.15, 0.2) is 5.13 Å². The highest BCUT2D eigenvalue weighted by atomic mass is 35.5. The quantitative estimate of drug-likeness (QED) is 0.819. The van der Waals surface area contributed by atoms with Crippen LogP contribution < -0.4 is 5.73 Å². The number of thiazole rings is 1. The van der Waals surface area contributed by atoms with Crippen molar-refractivity contribution in [2.75, 3.05) is 5.73 Å². The molecule has 0 amide bonds. The van der Waals surface area contributed by atoms with E-state index in [0.717, 1.165) is 11.3 Å². The second kappa shape index (κ2) is 4.00. The topological polar surface area (TPSA) is 56.0 Å². The van der Waals surface area contributed by atoms with Crippen LogP contribution in [0.1, 0.15) is 15.2 Å². The van der Waals surface area contributed by atoms with Gasteiger partial charge in [0.1, 0.15) is 0 Å². The third-order valence-corrected chi connectivity index (χ3v) is 3.02. The number of nitrogen functional groups attached to an aromatic ring is 1. The number of anilines is 1. The van der Waals surface area contributed by atoms with Crippen molar-refractivity contribution in [2.45, 2.75) is 0 Å². The Morgan fingerprint density at radius 1 is 1.40 bits per heavy atom. The summed E-state index contributed by atoms with van der Waals surface area (Å²) < 4.78 is 0. The zero-order chi connectivity index (χ0) is 10.8. The second-order valence-electron chi connectivity index (χ2n) is 2.87. The van der Waals surface area contributed by atoms with Gasteiger partial charge in [-0.3, -0.25) is 4.79 Å². The van der Waals surface area contributed by atoms with E-state index in [9.17, 15) is 4.79 Å². The van der Waals surface area contributed by atoms with Crippen LogP contribution in [0.3, 0.4) is 0 Å². The van der Waals surface area contributed by atoms with Crippen LogP contribution in [0.25, 0.3) is 0 Å². The predicted molar refractivity (Wildman–Crippen MR) is 61.4 cm³/mol. The first-order valence-electron chi connectivity index (χ1n) is 4.19. The van der Waals surface area contributed by atoms with Crippen LogP contribution in [0, 0.1) is 0 Å². The zero-order valence-corrected chi connectivity index (χ0v) is 9.18. The van der Waals surface area contributed by atoms with Crippen molar-refractivity contribution in [1.82, 2.24) is 4.98 Å². The van der Waals surface area contributed by atoms with Crippen LogP contribution in [0.4, 0.5) is 5.13 Å². The summed E-state index contributed by atoms with van der Waals surface area (Å²) in [5, 5.41) is 0.819. The highest BCUT2D eigenvalue weighted by Gasteiger charge is 2.14. The van der Waals surface area contributed by atoms with E-state index in [0.29, 0.717) is 20.6 Å². The first-order chi connectivity index (χ1) is 7.18. The average molecular weight is 239 g/mol.